The number of benzene rings is 2. The molecule has 2 aromatic carbocycles. The molecule has 0 radical (unpaired) electrons. The highest BCUT2D eigenvalue weighted by molar-refractivity contribution is 8.00. The summed E-state index contributed by atoms with van der Waals surface area (Å²) in [6.07, 6.45) is 1.85. The van der Waals surface area contributed by atoms with Crippen molar-refractivity contribution in [2.75, 3.05) is 16.3 Å². The number of halogens is 1. The van der Waals surface area contributed by atoms with E-state index in [4.69, 9.17) is 21.4 Å². The number of hydrogen-bond donors (Lipinski definition) is 3. The molecule has 3 rings (SSSR count). The van der Waals surface area contributed by atoms with E-state index in [1.165, 1.54) is 25.6 Å². The lowest BCUT2D eigenvalue weighted by Crippen LogP contribution is -2.23. The van der Waals surface area contributed by atoms with Crippen LogP contribution in [0.25, 0.3) is 10.9 Å². The first kappa shape index (κ1) is 21.7. The van der Waals surface area contributed by atoms with Crippen molar-refractivity contribution in [3.8, 4) is 5.75 Å². The summed E-state index contributed by atoms with van der Waals surface area (Å²) in [4.78, 5) is 19.8. The van der Waals surface area contributed by atoms with E-state index in [0.717, 1.165) is 10.9 Å². The highest BCUT2D eigenvalue weighted by Crippen LogP contribution is 2.34. The predicted molar refractivity (Wildman–Crippen MR) is 122 cm³/mol. The third-order valence-electron chi connectivity index (χ3n) is 4.12. The Morgan fingerprint density at radius 1 is 1.30 bits per heavy atom. The van der Waals surface area contributed by atoms with Crippen molar-refractivity contribution in [3.63, 3.8) is 0 Å². The standard InChI is InChI=1S/C20H21ClN4O4S/c1-11-7-14(25-30(3,4)28)9-16-18(11)19(23-10-22-16)24-15-6-5-13(21)8-17(15)29-12(2)20(26)27/h5-10,12H,3H2,1-2,4H3,(H,25,28)(H,26,27)(H,22,23,24). The van der Waals surface area contributed by atoms with Crippen molar-refractivity contribution in [2.24, 2.45) is 0 Å². The van der Waals surface area contributed by atoms with Gasteiger partial charge in [-0.3, -0.25) is 0 Å². The summed E-state index contributed by atoms with van der Waals surface area (Å²) in [5.41, 5.74) is 2.62. The number of anilines is 3. The van der Waals surface area contributed by atoms with Gasteiger partial charge < -0.3 is 19.9 Å². The van der Waals surface area contributed by atoms with E-state index in [0.29, 0.717) is 27.7 Å². The first-order valence-corrected chi connectivity index (χ1v) is 11.4. The lowest BCUT2D eigenvalue weighted by atomic mass is 10.1. The lowest BCUT2D eigenvalue weighted by molar-refractivity contribution is -0.144. The van der Waals surface area contributed by atoms with Gasteiger partial charge in [0.25, 0.3) is 0 Å². The molecule has 10 heteroatoms. The Bertz CT molecular complexity index is 1230. The van der Waals surface area contributed by atoms with Gasteiger partial charge in [-0.25, -0.2) is 19.0 Å². The molecule has 0 fully saturated rings. The zero-order chi connectivity index (χ0) is 22.1. The number of aryl methyl sites for hydroxylation is 1. The van der Waals surface area contributed by atoms with Crippen LogP contribution >= 0.6 is 11.6 Å². The van der Waals surface area contributed by atoms with Crippen LogP contribution in [0, 0.1) is 6.92 Å². The Labute approximate surface area is 179 Å². The quantitative estimate of drug-likeness (QED) is 0.470. The maximum absolute atomic E-state index is 12.0. The van der Waals surface area contributed by atoms with Gasteiger partial charge in [-0.15, -0.1) is 0 Å². The molecule has 0 aliphatic rings. The Morgan fingerprint density at radius 2 is 2.03 bits per heavy atom. The van der Waals surface area contributed by atoms with Gasteiger partial charge in [-0.2, -0.15) is 0 Å². The van der Waals surface area contributed by atoms with Gasteiger partial charge in [0.1, 0.15) is 17.9 Å². The number of carboxylic acid groups (broad SMARTS) is 1. The predicted octanol–water partition coefficient (Wildman–Crippen LogP) is 3.86. The van der Waals surface area contributed by atoms with Gasteiger partial charge in [-0.1, -0.05) is 11.6 Å². The van der Waals surface area contributed by atoms with Crippen LogP contribution in [0.1, 0.15) is 12.5 Å². The number of carboxylic acids is 1. The number of nitrogens with zero attached hydrogens (tertiary/aromatic N) is 2. The molecule has 2 unspecified atom stereocenters. The zero-order valence-electron chi connectivity index (χ0n) is 16.6. The van der Waals surface area contributed by atoms with Gasteiger partial charge in [0.05, 0.1) is 11.2 Å². The molecule has 0 saturated carbocycles. The molecule has 30 heavy (non-hydrogen) atoms. The van der Waals surface area contributed by atoms with Crippen molar-refractivity contribution in [3.05, 3.63) is 47.2 Å². The third kappa shape index (κ3) is 5.11. The largest absolute Gasteiger partial charge is 0.479 e. The van der Waals surface area contributed by atoms with Gasteiger partial charge in [0.2, 0.25) is 0 Å². The third-order valence-corrected chi connectivity index (χ3v) is 5.02. The van der Waals surface area contributed by atoms with E-state index >= 15 is 0 Å². The normalized spacial score (nSPS) is 14.0. The van der Waals surface area contributed by atoms with Crippen LogP contribution in [0.15, 0.2) is 36.7 Å². The molecule has 0 aliphatic heterocycles. The monoisotopic (exact) mass is 448 g/mol. The number of ether oxygens (including phenoxy) is 1. The SMILES string of the molecule is C=S(C)(=O)Nc1cc(C)c2c(Nc3ccc(Cl)cc3OC(C)C(=O)O)ncnc2c1. The van der Waals surface area contributed by atoms with Gasteiger partial charge >= 0.3 is 5.97 Å². The van der Waals surface area contributed by atoms with Crippen LogP contribution in [0.5, 0.6) is 5.75 Å². The second kappa shape index (κ2) is 8.37. The molecule has 0 saturated heterocycles. The van der Waals surface area contributed by atoms with Gasteiger partial charge in [-0.05, 0) is 49.5 Å². The van der Waals surface area contributed by atoms with E-state index in [-0.39, 0.29) is 5.75 Å². The van der Waals surface area contributed by atoms with Crippen LogP contribution in [0.2, 0.25) is 5.02 Å². The highest BCUT2D eigenvalue weighted by atomic mass is 35.5. The molecule has 1 heterocycles. The minimum atomic E-state index is -2.44. The van der Waals surface area contributed by atoms with Crippen LogP contribution in [0.3, 0.4) is 0 Å². The summed E-state index contributed by atoms with van der Waals surface area (Å²) in [6, 6.07) is 8.47. The number of carbonyl (C=O) groups is 1. The zero-order valence-corrected chi connectivity index (χ0v) is 18.2. The van der Waals surface area contributed by atoms with Crippen LogP contribution in [-0.2, 0) is 14.5 Å². The summed E-state index contributed by atoms with van der Waals surface area (Å²) in [5.74, 6) is 3.30. The second-order valence-electron chi connectivity index (χ2n) is 6.88. The lowest BCUT2D eigenvalue weighted by Gasteiger charge is -2.17. The maximum atomic E-state index is 12.0. The molecule has 158 valence electrons. The summed E-state index contributed by atoms with van der Waals surface area (Å²) < 4.78 is 20.4. The van der Waals surface area contributed by atoms with E-state index < -0.39 is 21.8 Å². The van der Waals surface area contributed by atoms with E-state index in [2.05, 4.69) is 25.9 Å². The molecular formula is C20H21ClN4O4S. The molecule has 2 atom stereocenters. The van der Waals surface area contributed by atoms with Crippen LogP contribution in [-0.4, -0.2) is 43.5 Å². The number of nitrogens with one attached hydrogen (secondary N) is 2. The highest BCUT2D eigenvalue weighted by Gasteiger charge is 2.17. The molecule has 0 amide bonds. The Balaban J connectivity index is 2.03. The summed E-state index contributed by atoms with van der Waals surface area (Å²) >= 11 is 6.06. The molecule has 0 bridgehead atoms. The first-order chi connectivity index (χ1) is 14.0. The van der Waals surface area contributed by atoms with Crippen molar-refractivity contribution in [1.29, 1.82) is 0 Å². The van der Waals surface area contributed by atoms with Gasteiger partial charge in [0.15, 0.2) is 6.10 Å². The molecule has 3 aromatic rings. The summed E-state index contributed by atoms with van der Waals surface area (Å²) in [7, 11) is -2.44. The molecule has 1 aromatic heterocycles. The topological polar surface area (TPSA) is 113 Å². The maximum Gasteiger partial charge on any atom is 0.344 e. The molecule has 0 aliphatic carbocycles. The summed E-state index contributed by atoms with van der Waals surface area (Å²) in [5, 5.41) is 13.5. The number of rotatable bonds is 7. The average Bonchev–Trinajstić information content (AvgIpc) is 2.62. The number of aliphatic carboxylic acids is 1. The van der Waals surface area contributed by atoms with E-state index in [9.17, 15) is 9.00 Å². The van der Waals surface area contributed by atoms with E-state index in [1.807, 2.05) is 13.0 Å². The fourth-order valence-electron chi connectivity index (χ4n) is 2.86. The van der Waals surface area contributed by atoms with Gasteiger partial charge in [0, 0.05) is 38.1 Å². The molecule has 0 spiro atoms. The van der Waals surface area contributed by atoms with Crippen LogP contribution in [0.4, 0.5) is 17.2 Å². The Morgan fingerprint density at radius 3 is 2.70 bits per heavy atom. The first-order valence-electron chi connectivity index (χ1n) is 8.85. The minimum absolute atomic E-state index is 0.280. The molecular weight excluding hydrogens is 428 g/mol. The smallest absolute Gasteiger partial charge is 0.344 e. The van der Waals surface area contributed by atoms with Crippen molar-refractivity contribution in [2.45, 2.75) is 20.0 Å². The number of fused-ring (bicyclic) bond motifs is 1. The number of hydrogen-bond acceptors (Lipinski definition) is 6. The second-order valence-corrected chi connectivity index (χ2v) is 9.53. The Hall–Kier alpha value is -3.04. The van der Waals surface area contributed by atoms with E-state index in [1.54, 1.807) is 18.2 Å². The van der Waals surface area contributed by atoms with Crippen molar-refractivity contribution >= 4 is 61.2 Å². The summed E-state index contributed by atoms with van der Waals surface area (Å²) in [6.45, 7) is 3.31. The Kier molecular flexibility index (Phi) is 6.04. The fourth-order valence-corrected chi connectivity index (χ4v) is 3.64. The van der Waals surface area contributed by atoms with Crippen LogP contribution < -0.4 is 14.8 Å². The minimum Gasteiger partial charge on any atom is -0.479 e. The fraction of sp³-hybridized carbons (Fsp3) is 0.200. The number of aromatic nitrogens is 2. The molecule has 8 nitrogen and oxygen atoms in total. The van der Waals surface area contributed by atoms with Crippen molar-refractivity contribution < 1.29 is 18.8 Å². The average molecular weight is 449 g/mol. The van der Waals surface area contributed by atoms with Crippen molar-refractivity contribution in [1.82, 2.24) is 9.97 Å². The molecule has 3 N–H and O–H groups in total.